The van der Waals surface area contributed by atoms with Crippen molar-refractivity contribution in [1.82, 2.24) is 4.98 Å². The average molecular weight is 266 g/mol. The number of benzene rings is 1. The zero-order chi connectivity index (χ0) is 13.8. The Morgan fingerprint density at radius 1 is 1.32 bits per heavy atom. The largest absolute Gasteiger partial charge is 0.565 e. The Bertz CT molecular complexity index is 656. The molecule has 0 spiro atoms. The molecule has 0 atom stereocenters. The highest BCUT2D eigenvalue weighted by atomic mass is 32.1. The van der Waals surface area contributed by atoms with Crippen molar-refractivity contribution < 1.29 is 4.65 Å². The third-order valence-corrected chi connectivity index (χ3v) is 3.52. The highest BCUT2D eigenvalue weighted by molar-refractivity contribution is 7.11. The van der Waals surface area contributed by atoms with Crippen LogP contribution < -0.4 is 0 Å². The van der Waals surface area contributed by atoms with E-state index in [0.29, 0.717) is 17.0 Å². The minimum atomic E-state index is 0.315. The normalized spacial score (nSPS) is 11.6. The van der Waals surface area contributed by atoms with Crippen LogP contribution in [-0.4, -0.2) is 13.0 Å². The van der Waals surface area contributed by atoms with Gasteiger partial charge < -0.3 is 4.65 Å². The van der Waals surface area contributed by atoms with E-state index in [0.717, 1.165) is 15.4 Å². The van der Waals surface area contributed by atoms with E-state index >= 15 is 0 Å². The molecule has 0 aliphatic carbocycles. The van der Waals surface area contributed by atoms with Crippen LogP contribution in [0.25, 0.3) is 11.3 Å². The van der Waals surface area contributed by atoms with Gasteiger partial charge in [-0.25, -0.2) is 4.98 Å². The standard InChI is InChI=1S/C14H11BN2OS/c1-9-13(17-10(2)19-9)14(18-15)12(8-16)11-6-4-3-5-7-11/h3-7H,1-2H3. The number of nitriles is 1. The molecule has 0 fully saturated rings. The number of hydrogen-bond donors (Lipinski definition) is 0. The smallest absolute Gasteiger partial charge is 0.374 e. The maximum absolute atomic E-state index is 9.37. The molecule has 19 heavy (non-hydrogen) atoms. The second-order valence-electron chi connectivity index (χ2n) is 3.94. The molecule has 0 aliphatic heterocycles. The molecule has 3 nitrogen and oxygen atoms in total. The summed E-state index contributed by atoms with van der Waals surface area (Å²) in [5.74, 6) is 0.315. The van der Waals surface area contributed by atoms with Crippen LogP contribution in [0.1, 0.15) is 21.1 Å². The Hall–Kier alpha value is -2.06. The van der Waals surface area contributed by atoms with Crippen molar-refractivity contribution >= 4 is 30.7 Å². The van der Waals surface area contributed by atoms with Crippen LogP contribution in [0, 0.1) is 25.2 Å². The molecule has 2 radical (unpaired) electrons. The molecule has 2 rings (SSSR count). The average Bonchev–Trinajstić information content (AvgIpc) is 2.75. The van der Waals surface area contributed by atoms with Crippen LogP contribution in [0.3, 0.4) is 0 Å². The van der Waals surface area contributed by atoms with E-state index in [1.807, 2.05) is 44.2 Å². The fraction of sp³-hybridized carbons (Fsp3) is 0.143. The monoisotopic (exact) mass is 266 g/mol. The summed E-state index contributed by atoms with van der Waals surface area (Å²) < 4.78 is 4.94. The summed E-state index contributed by atoms with van der Waals surface area (Å²) in [5.41, 5.74) is 1.78. The molecular formula is C14H11BN2OS. The predicted octanol–water partition coefficient (Wildman–Crippen LogP) is 3.25. The van der Waals surface area contributed by atoms with E-state index < -0.39 is 0 Å². The summed E-state index contributed by atoms with van der Waals surface area (Å²) in [4.78, 5) is 5.35. The van der Waals surface area contributed by atoms with Gasteiger partial charge in [0.1, 0.15) is 23.1 Å². The molecule has 0 saturated carbocycles. The SMILES string of the molecule is [B]OC(=C(C#N)c1ccccc1)c1nc(C)sc1C. The molecule has 0 unspecified atom stereocenters. The summed E-state index contributed by atoms with van der Waals surface area (Å²) >= 11 is 1.55. The number of aromatic nitrogens is 1. The third kappa shape index (κ3) is 2.69. The lowest BCUT2D eigenvalue weighted by molar-refractivity contribution is 0.571. The first-order valence-corrected chi connectivity index (χ1v) is 6.50. The van der Waals surface area contributed by atoms with Crippen molar-refractivity contribution in [2.75, 3.05) is 0 Å². The van der Waals surface area contributed by atoms with Crippen LogP contribution in [0.4, 0.5) is 0 Å². The van der Waals surface area contributed by atoms with E-state index in [1.165, 1.54) is 0 Å². The summed E-state index contributed by atoms with van der Waals surface area (Å²) in [6, 6.07) is 11.4. The van der Waals surface area contributed by atoms with Crippen LogP contribution in [0.2, 0.25) is 0 Å². The number of rotatable bonds is 3. The molecule has 0 amide bonds. The Morgan fingerprint density at radius 3 is 2.47 bits per heavy atom. The van der Waals surface area contributed by atoms with Crippen molar-refractivity contribution in [2.45, 2.75) is 13.8 Å². The van der Waals surface area contributed by atoms with Gasteiger partial charge in [-0.1, -0.05) is 30.3 Å². The third-order valence-electron chi connectivity index (χ3n) is 2.64. The van der Waals surface area contributed by atoms with Gasteiger partial charge >= 0.3 is 8.05 Å². The van der Waals surface area contributed by atoms with Crippen molar-refractivity contribution in [3.05, 3.63) is 51.5 Å². The van der Waals surface area contributed by atoms with Gasteiger partial charge in [-0.3, -0.25) is 0 Å². The molecule has 1 aromatic carbocycles. The van der Waals surface area contributed by atoms with Gasteiger partial charge in [0.05, 0.1) is 5.01 Å². The molecule has 2 aromatic rings. The fourth-order valence-electron chi connectivity index (χ4n) is 1.82. The fourth-order valence-corrected chi connectivity index (χ4v) is 2.64. The summed E-state index contributed by atoms with van der Waals surface area (Å²) in [7, 11) is 5.35. The van der Waals surface area contributed by atoms with E-state index in [4.69, 9.17) is 12.7 Å². The van der Waals surface area contributed by atoms with Gasteiger partial charge in [0.2, 0.25) is 0 Å². The molecule has 0 bridgehead atoms. The van der Waals surface area contributed by atoms with E-state index in [9.17, 15) is 5.26 Å². The lowest BCUT2D eigenvalue weighted by Gasteiger charge is -2.09. The molecule has 1 aromatic heterocycles. The summed E-state index contributed by atoms with van der Waals surface area (Å²) in [5, 5.41) is 10.3. The van der Waals surface area contributed by atoms with E-state index in [-0.39, 0.29) is 0 Å². The van der Waals surface area contributed by atoms with Gasteiger partial charge in [0.25, 0.3) is 0 Å². The Morgan fingerprint density at radius 2 is 2.00 bits per heavy atom. The number of allylic oxidation sites excluding steroid dienone is 1. The van der Waals surface area contributed by atoms with Crippen molar-refractivity contribution in [2.24, 2.45) is 0 Å². The minimum Gasteiger partial charge on any atom is -0.565 e. The highest BCUT2D eigenvalue weighted by Crippen LogP contribution is 2.30. The first-order chi connectivity index (χ1) is 9.17. The van der Waals surface area contributed by atoms with Gasteiger partial charge in [0, 0.05) is 4.88 Å². The maximum Gasteiger partial charge on any atom is 0.374 e. The van der Waals surface area contributed by atoms with Crippen LogP contribution in [0.15, 0.2) is 30.3 Å². The molecule has 0 aliphatic rings. The van der Waals surface area contributed by atoms with Gasteiger partial charge in [-0.2, -0.15) is 5.26 Å². The molecular weight excluding hydrogens is 255 g/mol. The molecule has 1 heterocycles. The van der Waals surface area contributed by atoms with Crippen LogP contribution in [-0.2, 0) is 4.65 Å². The van der Waals surface area contributed by atoms with Crippen molar-refractivity contribution in [1.29, 1.82) is 5.26 Å². The van der Waals surface area contributed by atoms with Gasteiger partial charge in [-0.15, -0.1) is 11.3 Å². The predicted molar refractivity (Wildman–Crippen MR) is 77.3 cm³/mol. The molecule has 0 N–H and O–H groups in total. The molecule has 0 saturated heterocycles. The first kappa shape index (κ1) is 13.4. The Kier molecular flexibility index (Phi) is 4.03. The van der Waals surface area contributed by atoms with Crippen molar-refractivity contribution in [3.63, 3.8) is 0 Å². The Balaban J connectivity index is 2.64. The second kappa shape index (κ2) is 5.72. The van der Waals surface area contributed by atoms with Crippen LogP contribution >= 0.6 is 11.3 Å². The molecule has 5 heteroatoms. The number of thiazole rings is 1. The zero-order valence-corrected chi connectivity index (χ0v) is 11.5. The minimum absolute atomic E-state index is 0.315. The Labute approximate surface area is 117 Å². The van der Waals surface area contributed by atoms with Crippen molar-refractivity contribution in [3.8, 4) is 6.07 Å². The lowest BCUT2D eigenvalue weighted by atomic mass is 10.0. The molecule has 92 valence electrons. The number of aryl methyl sites for hydroxylation is 2. The maximum atomic E-state index is 9.37. The lowest BCUT2D eigenvalue weighted by Crippen LogP contribution is -1.96. The van der Waals surface area contributed by atoms with E-state index in [2.05, 4.69) is 11.1 Å². The van der Waals surface area contributed by atoms with E-state index in [1.54, 1.807) is 11.3 Å². The van der Waals surface area contributed by atoms with Crippen LogP contribution in [0.5, 0.6) is 0 Å². The quantitative estimate of drug-likeness (QED) is 0.486. The zero-order valence-electron chi connectivity index (χ0n) is 10.7. The summed E-state index contributed by atoms with van der Waals surface area (Å²) in [6.45, 7) is 3.84. The number of hydrogen-bond acceptors (Lipinski definition) is 4. The first-order valence-electron chi connectivity index (χ1n) is 5.68. The summed E-state index contributed by atoms with van der Waals surface area (Å²) in [6.07, 6.45) is 0. The highest BCUT2D eigenvalue weighted by Gasteiger charge is 2.17. The topological polar surface area (TPSA) is 45.9 Å². The number of nitrogens with zero attached hydrogens (tertiary/aromatic N) is 2. The second-order valence-corrected chi connectivity index (χ2v) is 5.34. The van der Waals surface area contributed by atoms with Gasteiger partial charge in [-0.05, 0) is 19.4 Å². The van der Waals surface area contributed by atoms with Gasteiger partial charge in [0.15, 0.2) is 0 Å².